The first-order valence-electron chi connectivity index (χ1n) is 6.54. The molecule has 0 spiro atoms. The molecule has 0 aromatic heterocycles. The molecule has 0 saturated heterocycles. The van der Waals surface area contributed by atoms with E-state index in [4.69, 9.17) is 22.2 Å². The highest BCUT2D eigenvalue weighted by molar-refractivity contribution is 9.10. The van der Waals surface area contributed by atoms with Crippen LogP contribution < -0.4 is 16.0 Å². The summed E-state index contributed by atoms with van der Waals surface area (Å²) in [6.45, 7) is 0.399. The van der Waals surface area contributed by atoms with Crippen molar-refractivity contribution in [2.24, 2.45) is 5.84 Å². The Morgan fingerprint density at radius 1 is 1.26 bits per heavy atom. The van der Waals surface area contributed by atoms with Crippen LogP contribution in [-0.4, -0.2) is 5.91 Å². The molecule has 4 nitrogen and oxygen atoms in total. The zero-order valence-electron chi connectivity index (χ0n) is 11.9. The van der Waals surface area contributed by atoms with Crippen molar-refractivity contribution in [1.29, 1.82) is 0 Å². The monoisotopic (exact) mass is 458 g/mol. The van der Waals surface area contributed by atoms with E-state index in [1.165, 1.54) is 6.08 Å². The summed E-state index contributed by atoms with van der Waals surface area (Å²) in [7, 11) is 0. The number of hydrazine groups is 1. The van der Waals surface area contributed by atoms with E-state index in [1.54, 1.807) is 12.1 Å². The molecule has 0 fully saturated rings. The third kappa shape index (κ3) is 5.35. The van der Waals surface area contributed by atoms with E-state index < -0.39 is 5.91 Å². The van der Waals surface area contributed by atoms with E-state index in [0.29, 0.717) is 21.9 Å². The topological polar surface area (TPSA) is 64.3 Å². The summed E-state index contributed by atoms with van der Waals surface area (Å²) in [5.74, 6) is 5.17. The van der Waals surface area contributed by atoms with Gasteiger partial charge in [-0.1, -0.05) is 39.7 Å². The summed E-state index contributed by atoms with van der Waals surface area (Å²) in [6.07, 6.45) is 2.93. The van der Waals surface area contributed by atoms with Gasteiger partial charge in [-0.05, 0) is 57.4 Å². The SMILES string of the molecule is NNC(=O)/C=C/c1cc(Cl)c(OCc2ccc(Br)cc2)c(Br)c1. The number of nitrogens with one attached hydrogen (secondary N) is 1. The number of nitrogens with two attached hydrogens (primary N) is 1. The van der Waals surface area contributed by atoms with Gasteiger partial charge in [-0.2, -0.15) is 0 Å². The number of hydrogen-bond donors (Lipinski definition) is 2. The second-order valence-electron chi connectivity index (χ2n) is 4.57. The van der Waals surface area contributed by atoms with E-state index in [0.717, 1.165) is 15.6 Å². The van der Waals surface area contributed by atoms with Gasteiger partial charge in [0.15, 0.2) is 5.75 Å². The van der Waals surface area contributed by atoms with E-state index in [-0.39, 0.29) is 0 Å². The van der Waals surface area contributed by atoms with E-state index >= 15 is 0 Å². The first kappa shape index (κ1) is 18.0. The van der Waals surface area contributed by atoms with Gasteiger partial charge >= 0.3 is 0 Å². The average Bonchev–Trinajstić information content (AvgIpc) is 2.53. The second-order valence-corrected chi connectivity index (χ2v) is 6.75. The molecule has 0 aliphatic heterocycles. The van der Waals surface area contributed by atoms with Crippen molar-refractivity contribution in [1.82, 2.24) is 5.43 Å². The third-order valence-electron chi connectivity index (χ3n) is 2.89. The van der Waals surface area contributed by atoms with Crippen LogP contribution in [0, 0.1) is 0 Å². The quantitative estimate of drug-likeness (QED) is 0.300. The highest BCUT2D eigenvalue weighted by atomic mass is 79.9. The molecule has 0 heterocycles. The van der Waals surface area contributed by atoms with Crippen LogP contribution in [-0.2, 0) is 11.4 Å². The fourth-order valence-electron chi connectivity index (χ4n) is 1.77. The molecule has 3 N–H and O–H groups in total. The highest BCUT2D eigenvalue weighted by Gasteiger charge is 2.09. The zero-order chi connectivity index (χ0) is 16.8. The lowest BCUT2D eigenvalue weighted by Crippen LogP contribution is -2.27. The minimum Gasteiger partial charge on any atom is -0.486 e. The molecule has 0 aliphatic rings. The molecule has 2 rings (SSSR count). The smallest absolute Gasteiger partial charge is 0.257 e. The number of halogens is 3. The molecule has 0 unspecified atom stereocenters. The minimum atomic E-state index is -0.396. The predicted octanol–water partition coefficient (Wildman–Crippen LogP) is 4.45. The van der Waals surface area contributed by atoms with Crippen LogP contribution >= 0.6 is 43.5 Å². The Morgan fingerprint density at radius 3 is 2.57 bits per heavy atom. The third-order valence-corrected chi connectivity index (χ3v) is 4.28. The summed E-state index contributed by atoms with van der Waals surface area (Å²) in [5, 5.41) is 0.448. The van der Waals surface area contributed by atoms with E-state index in [2.05, 4.69) is 31.9 Å². The van der Waals surface area contributed by atoms with Gasteiger partial charge in [-0.15, -0.1) is 0 Å². The lowest BCUT2D eigenvalue weighted by atomic mass is 10.2. The van der Waals surface area contributed by atoms with Gasteiger partial charge in [0, 0.05) is 10.5 Å². The molecule has 120 valence electrons. The number of carbonyl (C=O) groups excluding carboxylic acids is 1. The number of ether oxygens (including phenoxy) is 1. The summed E-state index contributed by atoms with van der Waals surface area (Å²) >= 11 is 13.1. The number of carbonyl (C=O) groups is 1. The van der Waals surface area contributed by atoms with Crippen LogP contribution in [0.3, 0.4) is 0 Å². The molecule has 0 atom stereocenters. The minimum absolute atomic E-state index is 0.396. The van der Waals surface area contributed by atoms with E-state index in [1.807, 2.05) is 35.8 Å². The second kappa shape index (κ2) is 8.49. The molecular weight excluding hydrogens is 447 g/mol. The summed E-state index contributed by atoms with van der Waals surface area (Å²) in [6, 6.07) is 11.4. The lowest BCUT2D eigenvalue weighted by Gasteiger charge is -2.11. The fraction of sp³-hybridized carbons (Fsp3) is 0.0625. The van der Waals surface area contributed by atoms with Gasteiger partial charge in [-0.25, -0.2) is 5.84 Å². The van der Waals surface area contributed by atoms with Crippen LogP contribution in [0.15, 0.2) is 51.4 Å². The van der Waals surface area contributed by atoms with Crippen LogP contribution in [0.5, 0.6) is 5.75 Å². The standard InChI is InChI=1S/C16H13Br2ClN2O2/c17-12-4-1-10(2-5-12)9-23-16-13(18)7-11(8-14(16)19)3-6-15(22)21-20/h1-8H,9,20H2,(H,21,22)/b6-3+. The Hall–Kier alpha value is -1.34. The van der Waals surface area contributed by atoms with Gasteiger partial charge < -0.3 is 4.74 Å². The highest BCUT2D eigenvalue weighted by Crippen LogP contribution is 2.35. The van der Waals surface area contributed by atoms with Crippen molar-refractivity contribution in [2.75, 3.05) is 0 Å². The maximum Gasteiger partial charge on any atom is 0.257 e. The molecular formula is C16H13Br2ClN2O2. The molecule has 2 aromatic rings. The van der Waals surface area contributed by atoms with Crippen LogP contribution in [0.2, 0.25) is 5.02 Å². The Morgan fingerprint density at radius 2 is 1.96 bits per heavy atom. The van der Waals surface area contributed by atoms with Gasteiger partial charge in [0.2, 0.25) is 0 Å². The maximum absolute atomic E-state index is 11.1. The Kier molecular flexibility index (Phi) is 6.65. The van der Waals surface area contributed by atoms with E-state index in [9.17, 15) is 4.79 Å². The molecule has 7 heteroatoms. The molecule has 0 saturated carbocycles. The van der Waals surface area contributed by atoms with Crippen LogP contribution in [0.1, 0.15) is 11.1 Å². The lowest BCUT2D eigenvalue weighted by molar-refractivity contribution is -0.116. The van der Waals surface area contributed by atoms with Crippen molar-refractivity contribution < 1.29 is 9.53 Å². The molecule has 0 aliphatic carbocycles. The molecule has 2 aromatic carbocycles. The van der Waals surface area contributed by atoms with Crippen molar-refractivity contribution >= 4 is 55.4 Å². The average molecular weight is 461 g/mol. The first-order chi connectivity index (χ1) is 11.0. The number of rotatable bonds is 5. The zero-order valence-corrected chi connectivity index (χ0v) is 15.8. The summed E-state index contributed by atoms with van der Waals surface area (Å²) in [5.41, 5.74) is 3.80. The van der Waals surface area contributed by atoms with Crippen molar-refractivity contribution in [3.05, 3.63) is 67.6 Å². The largest absolute Gasteiger partial charge is 0.486 e. The van der Waals surface area contributed by atoms with Crippen molar-refractivity contribution in [2.45, 2.75) is 6.61 Å². The first-order valence-corrected chi connectivity index (χ1v) is 8.51. The predicted molar refractivity (Wildman–Crippen MR) is 99.0 cm³/mol. The fourth-order valence-corrected chi connectivity index (χ4v) is 3.02. The van der Waals surface area contributed by atoms with Crippen molar-refractivity contribution in [3.63, 3.8) is 0 Å². The summed E-state index contributed by atoms with van der Waals surface area (Å²) < 4.78 is 7.49. The van der Waals surface area contributed by atoms with Crippen molar-refractivity contribution in [3.8, 4) is 5.75 Å². The molecule has 0 radical (unpaired) electrons. The maximum atomic E-state index is 11.1. The summed E-state index contributed by atoms with van der Waals surface area (Å²) in [4.78, 5) is 11.1. The normalized spacial score (nSPS) is 10.8. The Bertz CT molecular complexity index is 710. The Labute approximate surface area is 155 Å². The van der Waals surface area contributed by atoms with Gasteiger partial charge in [0.25, 0.3) is 5.91 Å². The van der Waals surface area contributed by atoms with Gasteiger partial charge in [0.05, 0.1) is 9.50 Å². The number of benzene rings is 2. The molecule has 1 amide bonds. The molecule has 0 bridgehead atoms. The van der Waals surface area contributed by atoms with Crippen LogP contribution in [0.4, 0.5) is 0 Å². The van der Waals surface area contributed by atoms with Crippen LogP contribution in [0.25, 0.3) is 6.08 Å². The van der Waals surface area contributed by atoms with Gasteiger partial charge in [0.1, 0.15) is 6.61 Å². The molecule has 23 heavy (non-hydrogen) atoms. The number of amides is 1. The Balaban J connectivity index is 2.12. The number of hydrogen-bond acceptors (Lipinski definition) is 3. The van der Waals surface area contributed by atoms with Gasteiger partial charge in [-0.3, -0.25) is 10.2 Å².